The van der Waals surface area contributed by atoms with Crippen molar-refractivity contribution in [3.8, 4) is 0 Å². The quantitative estimate of drug-likeness (QED) is 0.426. The molecule has 0 saturated heterocycles. The van der Waals surface area contributed by atoms with Gasteiger partial charge in [0.1, 0.15) is 0 Å². The van der Waals surface area contributed by atoms with E-state index in [-0.39, 0.29) is 29.2 Å². The molecule has 0 fully saturated rings. The number of allylic oxidation sites excluding steroid dienone is 6. The molecule has 4 rings (SSSR count). The summed E-state index contributed by atoms with van der Waals surface area (Å²) in [5, 5.41) is 9.14. The van der Waals surface area contributed by atoms with Crippen LogP contribution in [0.2, 0.25) is 0 Å². The van der Waals surface area contributed by atoms with Crippen molar-refractivity contribution in [2.75, 3.05) is 27.2 Å². The number of carbonyl (C=O) groups is 2. The van der Waals surface area contributed by atoms with Crippen LogP contribution in [0.1, 0.15) is 52.8 Å². The fraction of sp³-hybridized carbons (Fsp3) is 0.516. The molecule has 2 aliphatic carbocycles. The average molecular weight is 533 g/mol. The Balaban J connectivity index is 1.44. The summed E-state index contributed by atoms with van der Waals surface area (Å²) in [7, 11) is 4.04. The molecule has 8 heteroatoms. The smallest absolute Gasteiger partial charge is 0.319 e. The minimum absolute atomic E-state index is 0.0670. The number of hydrogen-bond acceptors (Lipinski definition) is 4. The van der Waals surface area contributed by atoms with Crippen LogP contribution in [-0.4, -0.2) is 53.6 Å². The zero-order valence-corrected chi connectivity index (χ0v) is 24.3. The van der Waals surface area contributed by atoms with Gasteiger partial charge in [0.05, 0.1) is 5.70 Å². The van der Waals surface area contributed by atoms with Crippen molar-refractivity contribution < 1.29 is 9.59 Å². The molecule has 8 nitrogen and oxygen atoms in total. The van der Waals surface area contributed by atoms with E-state index in [0.29, 0.717) is 12.5 Å². The molecule has 1 aliphatic heterocycles. The lowest BCUT2D eigenvalue weighted by molar-refractivity contribution is -0.116. The highest BCUT2D eigenvalue weighted by molar-refractivity contribution is 5.97. The molecule has 39 heavy (non-hydrogen) atoms. The second-order valence-corrected chi connectivity index (χ2v) is 12.2. The molecule has 0 radical (unpaired) electrons. The summed E-state index contributed by atoms with van der Waals surface area (Å²) in [4.78, 5) is 32.3. The summed E-state index contributed by atoms with van der Waals surface area (Å²) in [5.41, 5.74) is 3.63. The van der Waals surface area contributed by atoms with E-state index < -0.39 is 0 Å². The van der Waals surface area contributed by atoms with Crippen molar-refractivity contribution in [3.63, 3.8) is 0 Å². The second kappa shape index (κ2) is 12.2. The number of amides is 3. The van der Waals surface area contributed by atoms with Gasteiger partial charge in [0.15, 0.2) is 5.82 Å². The molecule has 3 unspecified atom stereocenters. The van der Waals surface area contributed by atoms with E-state index in [1.165, 1.54) is 0 Å². The van der Waals surface area contributed by atoms with Crippen LogP contribution in [0.3, 0.4) is 0 Å². The normalized spacial score (nSPS) is 22.8. The van der Waals surface area contributed by atoms with Gasteiger partial charge in [-0.25, -0.2) is 9.78 Å². The van der Waals surface area contributed by atoms with Crippen LogP contribution in [-0.2, 0) is 11.3 Å². The molecular weight excluding hydrogens is 488 g/mol. The van der Waals surface area contributed by atoms with Gasteiger partial charge in [0.2, 0.25) is 0 Å². The molecule has 0 bridgehead atoms. The van der Waals surface area contributed by atoms with Gasteiger partial charge in [0.25, 0.3) is 5.91 Å². The number of rotatable bonds is 8. The van der Waals surface area contributed by atoms with Gasteiger partial charge >= 0.3 is 6.03 Å². The Morgan fingerprint density at radius 2 is 1.95 bits per heavy atom. The van der Waals surface area contributed by atoms with Gasteiger partial charge in [-0.1, -0.05) is 51.2 Å². The van der Waals surface area contributed by atoms with Gasteiger partial charge < -0.3 is 25.4 Å². The van der Waals surface area contributed by atoms with Crippen molar-refractivity contribution in [2.24, 2.45) is 23.2 Å². The molecule has 3 amide bonds. The summed E-state index contributed by atoms with van der Waals surface area (Å²) in [6.45, 7) is 11.1. The summed E-state index contributed by atoms with van der Waals surface area (Å²) in [6, 6.07) is -0.221. The molecule has 0 aromatic carbocycles. The van der Waals surface area contributed by atoms with E-state index in [1.807, 2.05) is 32.4 Å². The van der Waals surface area contributed by atoms with Gasteiger partial charge in [-0.15, -0.1) is 0 Å². The number of imidazole rings is 1. The molecule has 3 atom stereocenters. The summed E-state index contributed by atoms with van der Waals surface area (Å²) in [5.74, 6) is 1.47. The third-order valence-corrected chi connectivity index (χ3v) is 7.96. The lowest BCUT2D eigenvalue weighted by Gasteiger charge is -2.33. The first kappa shape index (κ1) is 28.6. The fourth-order valence-electron chi connectivity index (χ4n) is 5.48. The van der Waals surface area contributed by atoms with Crippen molar-refractivity contribution in [3.05, 3.63) is 71.5 Å². The van der Waals surface area contributed by atoms with Crippen molar-refractivity contribution in [2.45, 2.75) is 53.5 Å². The van der Waals surface area contributed by atoms with E-state index in [4.69, 9.17) is 0 Å². The van der Waals surface area contributed by atoms with E-state index in [0.717, 1.165) is 60.7 Å². The summed E-state index contributed by atoms with van der Waals surface area (Å²) < 4.78 is 2.10. The summed E-state index contributed by atoms with van der Waals surface area (Å²) in [6.07, 6.45) is 18.8. The maximum atomic E-state index is 13.1. The molecule has 210 valence electrons. The van der Waals surface area contributed by atoms with Crippen LogP contribution in [0.5, 0.6) is 0 Å². The first-order chi connectivity index (χ1) is 18.5. The third kappa shape index (κ3) is 7.18. The predicted molar refractivity (Wildman–Crippen MR) is 156 cm³/mol. The molecule has 3 aliphatic rings. The van der Waals surface area contributed by atoms with Crippen LogP contribution >= 0.6 is 0 Å². The lowest BCUT2D eigenvalue weighted by atomic mass is 9.76. The van der Waals surface area contributed by atoms with Crippen molar-refractivity contribution in [1.82, 2.24) is 30.4 Å². The van der Waals surface area contributed by atoms with E-state index in [1.54, 1.807) is 6.20 Å². The SMILES string of the molecule is CC1=C(NC(=O)C2=CCC(C(C)(C)C)C=C2)C=CCC1C1C=C(NC(=O)NCCCN(C)C)c2nccn2C1. The molecule has 1 aromatic heterocycles. The van der Waals surface area contributed by atoms with E-state index in [2.05, 4.69) is 82.4 Å². The van der Waals surface area contributed by atoms with Crippen LogP contribution in [0, 0.1) is 23.2 Å². The zero-order valence-electron chi connectivity index (χ0n) is 24.3. The number of carbonyl (C=O) groups excluding carboxylic acids is 2. The van der Waals surface area contributed by atoms with E-state index >= 15 is 0 Å². The molecule has 1 aromatic rings. The number of fused-ring (bicyclic) bond motifs is 1. The first-order valence-corrected chi connectivity index (χ1v) is 14.0. The van der Waals surface area contributed by atoms with Crippen molar-refractivity contribution in [1.29, 1.82) is 0 Å². The molecule has 3 N–H and O–H groups in total. The Bertz CT molecular complexity index is 1220. The van der Waals surface area contributed by atoms with Crippen molar-refractivity contribution >= 4 is 17.6 Å². The highest BCUT2D eigenvalue weighted by atomic mass is 16.2. The molecule has 0 spiro atoms. The van der Waals surface area contributed by atoms with Crippen LogP contribution in [0.25, 0.3) is 5.70 Å². The van der Waals surface area contributed by atoms with Crippen LogP contribution < -0.4 is 16.0 Å². The molecule has 0 saturated carbocycles. The number of nitrogens with zero attached hydrogens (tertiary/aromatic N) is 3. The third-order valence-electron chi connectivity index (χ3n) is 7.96. The monoisotopic (exact) mass is 532 g/mol. The molecular formula is C31H44N6O2. The Morgan fingerprint density at radius 3 is 2.64 bits per heavy atom. The Morgan fingerprint density at radius 1 is 1.15 bits per heavy atom. The van der Waals surface area contributed by atoms with Gasteiger partial charge in [-0.2, -0.15) is 0 Å². The van der Waals surface area contributed by atoms with Crippen LogP contribution in [0.4, 0.5) is 4.79 Å². The Kier molecular flexibility index (Phi) is 8.95. The van der Waals surface area contributed by atoms with Gasteiger partial charge in [-0.3, -0.25) is 4.79 Å². The maximum Gasteiger partial charge on any atom is 0.319 e. The molecule has 2 heterocycles. The minimum Gasteiger partial charge on any atom is -0.338 e. The highest BCUT2D eigenvalue weighted by Gasteiger charge is 2.31. The standard InChI is InChI=1S/C31H44N6O2/c1-21-25(9-7-10-26(21)34-29(38)22-11-13-24(14-12-22)31(2,3)4)23-19-27(28-32-16-18-37(28)20-23)35-30(39)33-15-8-17-36(5)6/h7,10-13,16,18-19,23-25H,8-9,14-15,17,20H2,1-6H3,(H,34,38)(H2,33,35,39). The average Bonchev–Trinajstić information content (AvgIpc) is 3.36. The second-order valence-electron chi connectivity index (χ2n) is 12.2. The Hall–Kier alpha value is -3.39. The number of aromatic nitrogens is 2. The summed E-state index contributed by atoms with van der Waals surface area (Å²) >= 11 is 0. The van der Waals surface area contributed by atoms with E-state index in [9.17, 15) is 9.59 Å². The number of nitrogens with one attached hydrogen (secondary N) is 3. The number of urea groups is 1. The van der Waals surface area contributed by atoms with Gasteiger partial charge in [0, 0.05) is 42.7 Å². The van der Waals surface area contributed by atoms with Gasteiger partial charge in [-0.05, 0) is 75.7 Å². The fourth-order valence-corrected chi connectivity index (χ4v) is 5.48. The largest absolute Gasteiger partial charge is 0.338 e. The zero-order chi connectivity index (χ0) is 28.2. The highest BCUT2D eigenvalue weighted by Crippen LogP contribution is 2.36. The number of hydrogen-bond donors (Lipinski definition) is 3. The first-order valence-electron chi connectivity index (χ1n) is 14.0. The minimum atomic E-state index is -0.221. The topological polar surface area (TPSA) is 91.3 Å². The maximum absolute atomic E-state index is 13.1. The van der Waals surface area contributed by atoms with Crippen LogP contribution in [0.15, 0.2) is 65.7 Å². The lowest BCUT2D eigenvalue weighted by Crippen LogP contribution is -2.38. The Labute approximate surface area is 233 Å². The predicted octanol–water partition coefficient (Wildman–Crippen LogP) is 4.62.